The number of nitrogen functional groups attached to an aromatic ring is 1. The number of anilines is 1. The number of carbonyl (C=O) groups excluding carboxylic acids is 1. The molecule has 0 aliphatic heterocycles. The highest BCUT2D eigenvalue weighted by Gasteiger charge is 2.12. The van der Waals surface area contributed by atoms with Gasteiger partial charge in [0.1, 0.15) is 12.4 Å². The summed E-state index contributed by atoms with van der Waals surface area (Å²) >= 11 is 0. The maximum Gasteiger partial charge on any atom is 0.340 e. The van der Waals surface area contributed by atoms with E-state index in [9.17, 15) is 4.79 Å². The van der Waals surface area contributed by atoms with Crippen LogP contribution in [-0.2, 0) is 11.3 Å². The minimum absolute atomic E-state index is 0.230. The van der Waals surface area contributed by atoms with Crippen molar-refractivity contribution in [3.8, 4) is 11.6 Å². The van der Waals surface area contributed by atoms with Crippen molar-refractivity contribution in [2.45, 2.75) is 6.61 Å². The van der Waals surface area contributed by atoms with Crippen molar-refractivity contribution >= 4 is 11.7 Å². The van der Waals surface area contributed by atoms with Crippen molar-refractivity contribution in [3.63, 3.8) is 0 Å². The van der Waals surface area contributed by atoms with E-state index in [-0.39, 0.29) is 11.3 Å². The minimum atomic E-state index is -0.527. The van der Waals surface area contributed by atoms with E-state index in [4.69, 9.17) is 15.2 Å². The molecule has 0 aliphatic carbocycles. The molecule has 6 nitrogen and oxygen atoms in total. The summed E-state index contributed by atoms with van der Waals surface area (Å²) < 4.78 is 15.3. The molecule has 1 aromatic heterocycles. The van der Waals surface area contributed by atoms with Crippen LogP contribution in [0.3, 0.4) is 0 Å². The van der Waals surface area contributed by atoms with E-state index in [1.807, 2.05) is 24.3 Å². The lowest BCUT2D eigenvalue weighted by molar-refractivity contribution is 0.0601. The Balaban J connectivity index is 2.11. The second kappa shape index (κ2) is 6.60. The molecule has 0 aliphatic rings. The number of carbonyl (C=O) groups is 1. The summed E-state index contributed by atoms with van der Waals surface area (Å²) in [5.74, 6) is 0.519. The molecule has 1 heterocycles. The van der Waals surface area contributed by atoms with E-state index in [0.717, 1.165) is 11.3 Å². The van der Waals surface area contributed by atoms with Gasteiger partial charge in [-0.15, -0.1) is 0 Å². The van der Waals surface area contributed by atoms with Crippen LogP contribution in [0.25, 0.3) is 0 Å². The largest absolute Gasteiger partial charge is 0.497 e. The Kier molecular flexibility index (Phi) is 4.61. The summed E-state index contributed by atoms with van der Waals surface area (Å²) in [4.78, 5) is 15.6. The molecule has 0 unspecified atom stereocenters. The number of hydrogen-bond acceptors (Lipinski definition) is 6. The van der Waals surface area contributed by atoms with Gasteiger partial charge < -0.3 is 19.9 Å². The van der Waals surface area contributed by atoms with E-state index in [2.05, 4.69) is 9.72 Å². The van der Waals surface area contributed by atoms with Crippen molar-refractivity contribution in [3.05, 3.63) is 47.7 Å². The van der Waals surface area contributed by atoms with Crippen molar-refractivity contribution in [2.75, 3.05) is 20.0 Å². The monoisotopic (exact) mass is 288 g/mol. The van der Waals surface area contributed by atoms with Gasteiger partial charge >= 0.3 is 5.97 Å². The Hall–Kier alpha value is -2.76. The Morgan fingerprint density at radius 1 is 1.29 bits per heavy atom. The zero-order valence-electron chi connectivity index (χ0n) is 11.8. The molecule has 0 amide bonds. The average Bonchev–Trinajstić information content (AvgIpc) is 2.53. The Bertz CT molecular complexity index is 643. The Morgan fingerprint density at radius 3 is 2.81 bits per heavy atom. The molecule has 2 aromatic rings. The fourth-order valence-electron chi connectivity index (χ4n) is 1.73. The highest BCUT2D eigenvalue weighted by atomic mass is 16.5. The molecule has 2 rings (SSSR count). The molecule has 110 valence electrons. The van der Waals surface area contributed by atoms with Crippen LogP contribution in [0.5, 0.6) is 11.6 Å². The van der Waals surface area contributed by atoms with Crippen LogP contribution in [0.15, 0.2) is 36.5 Å². The first-order valence-corrected chi connectivity index (χ1v) is 6.23. The first kappa shape index (κ1) is 14.6. The number of ether oxygens (including phenoxy) is 3. The third kappa shape index (κ3) is 3.62. The summed E-state index contributed by atoms with van der Waals surface area (Å²) in [6.45, 7) is 0.300. The quantitative estimate of drug-likeness (QED) is 0.848. The fourth-order valence-corrected chi connectivity index (χ4v) is 1.73. The third-order valence-corrected chi connectivity index (χ3v) is 2.84. The SMILES string of the molecule is COC(=O)c1cc(OCc2cccc(OC)c2)ncc1N. The predicted molar refractivity (Wildman–Crippen MR) is 77.3 cm³/mol. The molecular formula is C15H16N2O4. The highest BCUT2D eigenvalue weighted by molar-refractivity contribution is 5.95. The summed E-state index contributed by atoms with van der Waals surface area (Å²) in [7, 11) is 2.89. The smallest absolute Gasteiger partial charge is 0.340 e. The number of esters is 1. The van der Waals surface area contributed by atoms with E-state index < -0.39 is 5.97 Å². The van der Waals surface area contributed by atoms with Gasteiger partial charge in [0.25, 0.3) is 0 Å². The van der Waals surface area contributed by atoms with Gasteiger partial charge in [-0.25, -0.2) is 9.78 Å². The number of nitrogens with two attached hydrogens (primary N) is 1. The molecule has 21 heavy (non-hydrogen) atoms. The van der Waals surface area contributed by atoms with Gasteiger partial charge in [-0.1, -0.05) is 12.1 Å². The summed E-state index contributed by atoms with van der Waals surface area (Å²) in [6, 6.07) is 8.94. The lowest BCUT2D eigenvalue weighted by atomic mass is 10.2. The number of aromatic nitrogens is 1. The number of pyridine rings is 1. The normalized spacial score (nSPS) is 10.0. The maximum absolute atomic E-state index is 11.5. The van der Waals surface area contributed by atoms with Crippen molar-refractivity contribution in [1.29, 1.82) is 0 Å². The molecule has 0 bridgehead atoms. The van der Waals surface area contributed by atoms with Crippen molar-refractivity contribution < 1.29 is 19.0 Å². The number of methoxy groups -OCH3 is 2. The van der Waals surface area contributed by atoms with Crippen LogP contribution in [0.4, 0.5) is 5.69 Å². The molecule has 0 fully saturated rings. The molecule has 0 radical (unpaired) electrons. The Morgan fingerprint density at radius 2 is 2.10 bits per heavy atom. The lowest BCUT2D eigenvalue weighted by Crippen LogP contribution is -2.07. The maximum atomic E-state index is 11.5. The topological polar surface area (TPSA) is 83.7 Å². The van der Waals surface area contributed by atoms with Crippen LogP contribution in [0, 0.1) is 0 Å². The molecule has 2 N–H and O–H groups in total. The van der Waals surface area contributed by atoms with Gasteiger partial charge in [-0.2, -0.15) is 0 Å². The fraction of sp³-hybridized carbons (Fsp3) is 0.200. The number of benzene rings is 1. The van der Waals surface area contributed by atoms with E-state index in [1.165, 1.54) is 19.4 Å². The molecule has 1 aromatic carbocycles. The molecule has 6 heteroatoms. The molecule has 0 spiro atoms. The van der Waals surface area contributed by atoms with E-state index in [1.54, 1.807) is 7.11 Å². The lowest BCUT2D eigenvalue weighted by Gasteiger charge is -2.09. The highest BCUT2D eigenvalue weighted by Crippen LogP contribution is 2.19. The van der Waals surface area contributed by atoms with Crippen LogP contribution >= 0.6 is 0 Å². The average molecular weight is 288 g/mol. The van der Waals surface area contributed by atoms with Crippen molar-refractivity contribution in [2.24, 2.45) is 0 Å². The first-order valence-electron chi connectivity index (χ1n) is 6.23. The molecule has 0 saturated heterocycles. The van der Waals surface area contributed by atoms with Crippen LogP contribution in [0.1, 0.15) is 15.9 Å². The number of rotatable bonds is 5. The zero-order valence-corrected chi connectivity index (χ0v) is 11.8. The summed E-state index contributed by atoms with van der Waals surface area (Å²) in [6.07, 6.45) is 1.37. The second-order valence-corrected chi connectivity index (χ2v) is 4.24. The number of nitrogens with zero attached hydrogens (tertiary/aromatic N) is 1. The third-order valence-electron chi connectivity index (χ3n) is 2.84. The summed E-state index contributed by atoms with van der Waals surface area (Å²) in [5.41, 5.74) is 7.08. The van der Waals surface area contributed by atoms with Gasteiger partial charge in [-0.3, -0.25) is 0 Å². The predicted octanol–water partition coefficient (Wildman–Crippen LogP) is 2.04. The van der Waals surface area contributed by atoms with Gasteiger partial charge in [0.05, 0.1) is 31.7 Å². The van der Waals surface area contributed by atoms with Gasteiger partial charge in [-0.05, 0) is 17.7 Å². The van der Waals surface area contributed by atoms with E-state index >= 15 is 0 Å². The zero-order chi connectivity index (χ0) is 15.2. The Labute approximate surface area is 122 Å². The van der Waals surface area contributed by atoms with Crippen molar-refractivity contribution in [1.82, 2.24) is 4.98 Å². The number of hydrogen-bond donors (Lipinski definition) is 1. The standard InChI is InChI=1S/C15H16N2O4/c1-19-11-5-3-4-10(6-11)9-21-14-7-12(15(18)20-2)13(16)8-17-14/h3-8H,9,16H2,1-2H3. The van der Waals surface area contributed by atoms with Crippen LogP contribution < -0.4 is 15.2 Å². The molecular weight excluding hydrogens is 272 g/mol. The summed E-state index contributed by atoms with van der Waals surface area (Å²) in [5, 5.41) is 0. The minimum Gasteiger partial charge on any atom is -0.497 e. The van der Waals surface area contributed by atoms with Crippen LogP contribution in [-0.4, -0.2) is 25.2 Å². The molecule has 0 saturated carbocycles. The van der Waals surface area contributed by atoms with Gasteiger partial charge in [0.2, 0.25) is 5.88 Å². The van der Waals surface area contributed by atoms with Gasteiger partial charge in [0, 0.05) is 6.07 Å². The van der Waals surface area contributed by atoms with Gasteiger partial charge in [0.15, 0.2) is 0 Å². The second-order valence-electron chi connectivity index (χ2n) is 4.24. The first-order chi connectivity index (χ1) is 10.1. The molecule has 0 atom stereocenters. The van der Waals surface area contributed by atoms with E-state index in [0.29, 0.717) is 12.5 Å². The van der Waals surface area contributed by atoms with Crippen LogP contribution in [0.2, 0.25) is 0 Å².